The van der Waals surface area contributed by atoms with Crippen molar-refractivity contribution in [3.63, 3.8) is 0 Å². The molecule has 0 aliphatic carbocycles. The van der Waals surface area contributed by atoms with Crippen molar-refractivity contribution in [3.8, 4) is 0 Å². The van der Waals surface area contributed by atoms with Gasteiger partial charge in [-0.05, 0) is 30.7 Å². The Morgan fingerprint density at radius 3 is 3.05 bits per heavy atom. The van der Waals surface area contributed by atoms with Crippen molar-refractivity contribution in [2.24, 2.45) is 0 Å². The summed E-state index contributed by atoms with van der Waals surface area (Å²) in [7, 11) is 0. The van der Waals surface area contributed by atoms with Crippen LogP contribution in [0, 0.1) is 6.92 Å². The van der Waals surface area contributed by atoms with Crippen LogP contribution in [0.4, 0.5) is 11.4 Å². The number of nitrogens with two attached hydrogens (primary N) is 1. The minimum absolute atomic E-state index is 0.0729. The number of carbonyl (C=O) groups is 1. The molecule has 1 fully saturated rings. The molecule has 110 valence electrons. The topological polar surface area (TPSA) is 58.4 Å². The number of amides is 1. The SMILES string of the molecule is Cc1cc(N)ccc1NC(=O)CCN1CCSC(C)C1. The number of nitrogen functional groups attached to an aromatic ring is 1. The fraction of sp³-hybridized carbons (Fsp3) is 0.533. The van der Waals surface area contributed by atoms with Crippen LogP contribution in [0.1, 0.15) is 18.9 Å². The minimum atomic E-state index is 0.0729. The largest absolute Gasteiger partial charge is 0.399 e. The van der Waals surface area contributed by atoms with Gasteiger partial charge < -0.3 is 16.0 Å². The lowest BCUT2D eigenvalue weighted by Gasteiger charge is -2.30. The average molecular weight is 293 g/mol. The van der Waals surface area contributed by atoms with E-state index >= 15 is 0 Å². The minimum Gasteiger partial charge on any atom is -0.399 e. The predicted octanol–water partition coefficient (Wildman–Crippen LogP) is 2.34. The van der Waals surface area contributed by atoms with Crippen LogP contribution < -0.4 is 11.1 Å². The zero-order valence-corrected chi connectivity index (χ0v) is 13.0. The van der Waals surface area contributed by atoms with E-state index in [9.17, 15) is 4.79 Å². The first-order valence-electron chi connectivity index (χ1n) is 7.04. The number of rotatable bonds is 4. The van der Waals surface area contributed by atoms with Crippen LogP contribution in [-0.4, -0.2) is 41.4 Å². The van der Waals surface area contributed by atoms with Crippen LogP contribution >= 0.6 is 11.8 Å². The molecule has 0 spiro atoms. The second-order valence-corrected chi connectivity index (χ2v) is 6.90. The zero-order valence-electron chi connectivity index (χ0n) is 12.2. The van der Waals surface area contributed by atoms with E-state index in [4.69, 9.17) is 5.73 Å². The monoisotopic (exact) mass is 293 g/mol. The summed E-state index contributed by atoms with van der Waals surface area (Å²) in [4.78, 5) is 14.4. The molecule has 1 aromatic rings. The number of thioether (sulfide) groups is 1. The maximum atomic E-state index is 12.0. The first-order chi connectivity index (χ1) is 9.54. The Bertz CT molecular complexity index is 478. The van der Waals surface area contributed by atoms with Gasteiger partial charge in [-0.1, -0.05) is 6.92 Å². The lowest BCUT2D eigenvalue weighted by atomic mass is 10.1. The maximum Gasteiger partial charge on any atom is 0.225 e. The van der Waals surface area contributed by atoms with E-state index in [1.807, 2.05) is 36.9 Å². The van der Waals surface area contributed by atoms with E-state index in [2.05, 4.69) is 17.1 Å². The van der Waals surface area contributed by atoms with Crippen LogP contribution in [0.25, 0.3) is 0 Å². The number of nitrogens with one attached hydrogen (secondary N) is 1. The molecular weight excluding hydrogens is 270 g/mol. The fourth-order valence-corrected chi connectivity index (χ4v) is 3.48. The molecule has 20 heavy (non-hydrogen) atoms. The molecule has 1 atom stereocenters. The Morgan fingerprint density at radius 1 is 1.55 bits per heavy atom. The summed E-state index contributed by atoms with van der Waals surface area (Å²) in [6.45, 7) is 7.21. The second-order valence-electron chi connectivity index (χ2n) is 5.35. The Hall–Kier alpha value is -1.20. The van der Waals surface area contributed by atoms with Gasteiger partial charge in [0.1, 0.15) is 0 Å². The average Bonchev–Trinajstić information content (AvgIpc) is 2.40. The summed E-state index contributed by atoms with van der Waals surface area (Å²) in [6, 6.07) is 5.55. The van der Waals surface area contributed by atoms with Gasteiger partial charge in [0.15, 0.2) is 0 Å². The van der Waals surface area contributed by atoms with E-state index in [1.165, 1.54) is 5.75 Å². The van der Waals surface area contributed by atoms with E-state index in [-0.39, 0.29) is 5.91 Å². The quantitative estimate of drug-likeness (QED) is 0.837. The second kappa shape index (κ2) is 6.99. The number of benzene rings is 1. The normalized spacial score (nSPS) is 19.8. The third kappa shape index (κ3) is 4.42. The standard InChI is InChI=1S/C15H23N3OS/c1-11-9-13(16)3-4-14(11)17-15(19)5-6-18-7-8-20-12(2)10-18/h3-4,9,12H,5-8,10,16H2,1-2H3,(H,17,19). The van der Waals surface area contributed by atoms with Crippen molar-refractivity contribution >= 4 is 29.0 Å². The van der Waals surface area contributed by atoms with Crippen molar-refractivity contribution in [2.75, 3.05) is 36.4 Å². The maximum absolute atomic E-state index is 12.0. The summed E-state index contributed by atoms with van der Waals surface area (Å²) >= 11 is 2.01. The first kappa shape index (κ1) is 15.2. The Morgan fingerprint density at radius 2 is 2.35 bits per heavy atom. The predicted molar refractivity (Wildman–Crippen MR) is 87.2 cm³/mol. The summed E-state index contributed by atoms with van der Waals surface area (Å²) in [5.74, 6) is 1.24. The Labute approximate surface area is 125 Å². The van der Waals surface area contributed by atoms with Crippen molar-refractivity contribution < 1.29 is 4.79 Å². The molecular formula is C15H23N3OS. The van der Waals surface area contributed by atoms with Gasteiger partial charge >= 0.3 is 0 Å². The van der Waals surface area contributed by atoms with Gasteiger partial charge in [0.05, 0.1) is 0 Å². The molecule has 3 N–H and O–H groups in total. The number of carbonyl (C=O) groups excluding carboxylic acids is 1. The summed E-state index contributed by atoms with van der Waals surface area (Å²) < 4.78 is 0. The molecule has 0 bridgehead atoms. The molecule has 1 aliphatic heterocycles. The summed E-state index contributed by atoms with van der Waals surface area (Å²) in [6.07, 6.45) is 0.543. The van der Waals surface area contributed by atoms with Crippen LogP contribution in [0.2, 0.25) is 0 Å². The van der Waals surface area contributed by atoms with Crippen LogP contribution in [0.5, 0.6) is 0 Å². The summed E-state index contributed by atoms with van der Waals surface area (Å²) in [5, 5.41) is 3.63. The first-order valence-corrected chi connectivity index (χ1v) is 8.09. The van der Waals surface area contributed by atoms with Crippen molar-refractivity contribution in [1.29, 1.82) is 0 Å². The number of nitrogens with zero attached hydrogens (tertiary/aromatic N) is 1. The van der Waals surface area contributed by atoms with Gasteiger partial charge in [-0.3, -0.25) is 4.79 Å². The fourth-order valence-electron chi connectivity index (χ4n) is 2.39. The van der Waals surface area contributed by atoms with Crippen molar-refractivity contribution in [1.82, 2.24) is 4.90 Å². The number of hydrogen-bond donors (Lipinski definition) is 2. The highest BCUT2D eigenvalue weighted by atomic mass is 32.2. The van der Waals surface area contributed by atoms with Gasteiger partial charge in [0.2, 0.25) is 5.91 Å². The Balaban J connectivity index is 1.80. The van der Waals surface area contributed by atoms with Crippen LogP contribution in [0.3, 0.4) is 0 Å². The molecule has 1 amide bonds. The van der Waals surface area contributed by atoms with Crippen LogP contribution in [0.15, 0.2) is 18.2 Å². The molecule has 1 aromatic carbocycles. The molecule has 1 aliphatic rings. The highest BCUT2D eigenvalue weighted by Crippen LogP contribution is 2.19. The number of anilines is 2. The summed E-state index contributed by atoms with van der Waals surface area (Å²) in [5.41, 5.74) is 8.28. The molecule has 1 unspecified atom stereocenters. The van der Waals surface area contributed by atoms with Gasteiger partial charge in [0.25, 0.3) is 0 Å². The molecule has 0 aromatic heterocycles. The van der Waals surface area contributed by atoms with E-state index in [1.54, 1.807) is 0 Å². The van der Waals surface area contributed by atoms with Gasteiger partial charge in [0, 0.05) is 48.4 Å². The molecule has 5 heteroatoms. The third-order valence-corrected chi connectivity index (χ3v) is 4.64. The van der Waals surface area contributed by atoms with Crippen LogP contribution in [-0.2, 0) is 4.79 Å². The number of aryl methyl sites for hydroxylation is 1. The molecule has 1 saturated heterocycles. The third-order valence-electron chi connectivity index (χ3n) is 3.50. The molecule has 0 saturated carbocycles. The van der Waals surface area contributed by atoms with Crippen molar-refractivity contribution in [2.45, 2.75) is 25.5 Å². The number of hydrogen-bond acceptors (Lipinski definition) is 4. The Kier molecular flexibility index (Phi) is 5.31. The van der Waals surface area contributed by atoms with E-state index < -0.39 is 0 Å². The molecule has 0 radical (unpaired) electrons. The zero-order chi connectivity index (χ0) is 14.5. The highest BCUT2D eigenvalue weighted by molar-refractivity contribution is 7.99. The smallest absolute Gasteiger partial charge is 0.225 e. The lowest BCUT2D eigenvalue weighted by molar-refractivity contribution is -0.116. The highest BCUT2D eigenvalue weighted by Gasteiger charge is 2.17. The van der Waals surface area contributed by atoms with Gasteiger partial charge in [-0.2, -0.15) is 11.8 Å². The molecule has 4 nitrogen and oxygen atoms in total. The van der Waals surface area contributed by atoms with Gasteiger partial charge in [-0.15, -0.1) is 0 Å². The molecule has 1 heterocycles. The molecule has 2 rings (SSSR count). The van der Waals surface area contributed by atoms with Crippen molar-refractivity contribution in [3.05, 3.63) is 23.8 Å². The lowest BCUT2D eigenvalue weighted by Crippen LogP contribution is -2.38. The van der Waals surface area contributed by atoms with Gasteiger partial charge in [-0.25, -0.2) is 0 Å². The van der Waals surface area contributed by atoms with E-state index in [0.717, 1.165) is 36.6 Å². The van der Waals surface area contributed by atoms with E-state index in [0.29, 0.717) is 11.7 Å².